The minimum atomic E-state index is 0.569. The molecule has 0 bridgehead atoms. The number of hydrogen-bond donors (Lipinski definition) is 1. The van der Waals surface area contributed by atoms with Gasteiger partial charge in [-0.2, -0.15) is 0 Å². The van der Waals surface area contributed by atoms with Crippen LogP contribution in [0, 0.1) is 6.92 Å². The molecule has 1 atom stereocenters. The molecule has 13 heavy (non-hydrogen) atoms. The van der Waals surface area contributed by atoms with Crippen molar-refractivity contribution in [2.75, 3.05) is 24.5 Å². The molecule has 0 aliphatic carbocycles. The molecule has 0 amide bonds. The molecule has 1 aliphatic heterocycles. The Labute approximate surface area is 82.8 Å². The molecule has 0 radical (unpaired) electrons. The summed E-state index contributed by atoms with van der Waals surface area (Å²) in [7, 11) is 0. The maximum atomic E-state index is 4.50. The molecule has 0 saturated carbocycles. The van der Waals surface area contributed by atoms with E-state index in [2.05, 4.69) is 27.5 Å². The predicted molar refractivity (Wildman–Crippen MR) is 56.5 cm³/mol. The van der Waals surface area contributed by atoms with Crippen molar-refractivity contribution in [3.63, 3.8) is 0 Å². The zero-order valence-electron chi connectivity index (χ0n) is 8.08. The van der Waals surface area contributed by atoms with Crippen LogP contribution in [0.3, 0.4) is 0 Å². The molecule has 2 heterocycles. The molecule has 1 fully saturated rings. The highest BCUT2D eigenvalue weighted by Gasteiger charge is 2.19. The van der Waals surface area contributed by atoms with Gasteiger partial charge in [0, 0.05) is 31.1 Å². The first-order chi connectivity index (χ1) is 6.27. The smallest absolute Gasteiger partial charge is 0.185 e. The number of rotatable bonds is 1. The molecule has 0 aromatic carbocycles. The van der Waals surface area contributed by atoms with E-state index in [0.29, 0.717) is 6.04 Å². The molecule has 3 nitrogen and oxygen atoms in total. The van der Waals surface area contributed by atoms with Crippen LogP contribution in [-0.2, 0) is 0 Å². The number of aryl methyl sites for hydroxylation is 1. The van der Waals surface area contributed by atoms with E-state index < -0.39 is 0 Å². The topological polar surface area (TPSA) is 28.2 Å². The van der Waals surface area contributed by atoms with Gasteiger partial charge in [-0.15, -0.1) is 11.3 Å². The zero-order chi connectivity index (χ0) is 9.26. The minimum Gasteiger partial charge on any atom is -0.343 e. The summed E-state index contributed by atoms with van der Waals surface area (Å²) in [4.78, 5) is 6.88. The fourth-order valence-corrected chi connectivity index (χ4v) is 2.53. The Hall–Kier alpha value is -0.610. The molecule has 2 rings (SSSR count). The van der Waals surface area contributed by atoms with E-state index in [1.807, 2.05) is 6.92 Å². The molecular weight excluding hydrogens is 182 g/mol. The lowest BCUT2D eigenvalue weighted by Gasteiger charge is -2.33. The van der Waals surface area contributed by atoms with Gasteiger partial charge in [0.1, 0.15) is 0 Å². The summed E-state index contributed by atoms with van der Waals surface area (Å²) < 4.78 is 0. The highest BCUT2D eigenvalue weighted by molar-refractivity contribution is 7.13. The molecule has 0 spiro atoms. The molecule has 1 saturated heterocycles. The Bertz CT molecular complexity index is 284. The van der Waals surface area contributed by atoms with Crippen LogP contribution in [0.1, 0.15) is 12.6 Å². The summed E-state index contributed by atoms with van der Waals surface area (Å²) >= 11 is 1.75. The van der Waals surface area contributed by atoms with Crippen LogP contribution >= 0.6 is 11.3 Å². The van der Waals surface area contributed by atoms with Gasteiger partial charge in [0.15, 0.2) is 5.13 Å². The summed E-state index contributed by atoms with van der Waals surface area (Å²) in [6, 6.07) is 0.569. The van der Waals surface area contributed by atoms with E-state index >= 15 is 0 Å². The van der Waals surface area contributed by atoms with Crippen LogP contribution in [0.15, 0.2) is 5.38 Å². The number of hydrogen-bond acceptors (Lipinski definition) is 4. The Balaban J connectivity index is 2.14. The fraction of sp³-hybridized carbons (Fsp3) is 0.667. The summed E-state index contributed by atoms with van der Waals surface area (Å²) in [5.41, 5.74) is 1.13. The van der Waals surface area contributed by atoms with Crippen LogP contribution in [0.4, 0.5) is 5.13 Å². The van der Waals surface area contributed by atoms with E-state index in [0.717, 1.165) is 25.3 Å². The molecule has 0 unspecified atom stereocenters. The Morgan fingerprint density at radius 2 is 2.54 bits per heavy atom. The van der Waals surface area contributed by atoms with Gasteiger partial charge in [0.25, 0.3) is 0 Å². The van der Waals surface area contributed by atoms with Gasteiger partial charge in [-0.3, -0.25) is 0 Å². The standard InChI is InChI=1S/C9H15N3S/c1-7-6-13-9(11-7)12-4-3-10-5-8(12)2/h6,8,10H,3-5H2,1-2H3/t8-/m0/s1. The molecular formula is C9H15N3S. The number of thiazole rings is 1. The van der Waals surface area contributed by atoms with Crippen LogP contribution < -0.4 is 10.2 Å². The number of aromatic nitrogens is 1. The Morgan fingerprint density at radius 1 is 1.69 bits per heavy atom. The first kappa shape index (κ1) is 8.97. The first-order valence-electron chi connectivity index (χ1n) is 4.67. The van der Waals surface area contributed by atoms with Gasteiger partial charge < -0.3 is 10.2 Å². The van der Waals surface area contributed by atoms with Gasteiger partial charge in [-0.1, -0.05) is 0 Å². The van der Waals surface area contributed by atoms with Gasteiger partial charge in [0.2, 0.25) is 0 Å². The maximum absolute atomic E-state index is 4.50. The highest BCUT2D eigenvalue weighted by atomic mass is 32.1. The van der Waals surface area contributed by atoms with Crippen LogP contribution in [0.2, 0.25) is 0 Å². The van der Waals surface area contributed by atoms with E-state index in [4.69, 9.17) is 0 Å². The van der Waals surface area contributed by atoms with Crippen LogP contribution in [0.5, 0.6) is 0 Å². The maximum Gasteiger partial charge on any atom is 0.185 e. The van der Waals surface area contributed by atoms with Gasteiger partial charge in [0.05, 0.1) is 5.69 Å². The van der Waals surface area contributed by atoms with Crippen molar-refractivity contribution in [2.45, 2.75) is 19.9 Å². The first-order valence-corrected chi connectivity index (χ1v) is 5.55. The van der Waals surface area contributed by atoms with E-state index in [-0.39, 0.29) is 0 Å². The van der Waals surface area contributed by atoms with Gasteiger partial charge in [-0.25, -0.2) is 4.98 Å². The zero-order valence-corrected chi connectivity index (χ0v) is 8.90. The van der Waals surface area contributed by atoms with Crippen molar-refractivity contribution < 1.29 is 0 Å². The lowest BCUT2D eigenvalue weighted by molar-refractivity contribution is 0.500. The van der Waals surface area contributed by atoms with Crippen molar-refractivity contribution in [1.29, 1.82) is 0 Å². The lowest BCUT2D eigenvalue weighted by Crippen LogP contribution is -2.49. The van der Waals surface area contributed by atoms with E-state index in [1.54, 1.807) is 11.3 Å². The number of anilines is 1. The monoisotopic (exact) mass is 197 g/mol. The van der Waals surface area contributed by atoms with Crippen molar-refractivity contribution in [2.24, 2.45) is 0 Å². The summed E-state index contributed by atoms with van der Waals surface area (Å²) in [5, 5.41) is 6.66. The molecule has 1 aromatic rings. The highest BCUT2D eigenvalue weighted by Crippen LogP contribution is 2.22. The predicted octanol–water partition coefficient (Wildman–Crippen LogP) is 1.25. The van der Waals surface area contributed by atoms with Crippen molar-refractivity contribution in [3.05, 3.63) is 11.1 Å². The molecule has 1 aliphatic rings. The van der Waals surface area contributed by atoms with Crippen molar-refractivity contribution in [1.82, 2.24) is 10.3 Å². The summed E-state index contributed by atoms with van der Waals surface area (Å²) in [6.07, 6.45) is 0. The number of nitrogens with one attached hydrogen (secondary N) is 1. The van der Waals surface area contributed by atoms with Crippen molar-refractivity contribution >= 4 is 16.5 Å². The Kier molecular flexibility index (Phi) is 2.51. The van der Waals surface area contributed by atoms with Crippen LogP contribution in [-0.4, -0.2) is 30.7 Å². The lowest BCUT2D eigenvalue weighted by atomic mass is 10.2. The molecule has 1 N–H and O–H groups in total. The molecule has 4 heteroatoms. The average molecular weight is 197 g/mol. The largest absolute Gasteiger partial charge is 0.343 e. The quantitative estimate of drug-likeness (QED) is 0.734. The fourth-order valence-electron chi connectivity index (χ4n) is 1.60. The third kappa shape index (κ3) is 1.84. The number of nitrogens with zero attached hydrogens (tertiary/aromatic N) is 2. The summed E-state index contributed by atoms with van der Waals surface area (Å²) in [6.45, 7) is 7.51. The van der Waals surface area contributed by atoms with Gasteiger partial charge in [-0.05, 0) is 13.8 Å². The van der Waals surface area contributed by atoms with Crippen LogP contribution in [0.25, 0.3) is 0 Å². The second kappa shape index (κ2) is 3.64. The van der Waals surface area contributed by atoms with E-state index in [9.17, 15) is 0 Å². The van der Waals surface area contributed by atoms with Crippen molar-refractivity contribution in [3.8, 4) is 0 Å². The second-order valence-electron chi connectivity index (χ2n) is 3.52. The minimum absolute atomic E-state index is 0.569. The third-order valence-electron chi connectivity index (χ3n) is 2.35. The Morgan fingerprint density at radius 3 is 3.15 bits per heavy atom. The normalized spacial score (nSPS) is 23.5. The molecule has 72 valence electrons. The third-order valence-corrected chi connectivity index (χ3v) is 3.35. The van der Waals surface area contributed by atoms with Gasteiger partial charge >= 0.3 is 0 Å². The SMILES string of the molecule is Cc1csc(N2CCNC[C@@H]2C)n1. The second-order valence-corrected chi connectivity index (χ2v) is 4.35. The average Bonchev–Trinajstić information content (AvgIpc) is 2.53. The number of piperazine rings is 1. The van der Waals surface area contributed by atoms with E-state index in [1.165, 1.54) is 5.13 Å². The molecule has 1 aromatic heterocycles. The summed E-state index contributed by atoms with van der Waals surface area (Å²) in [5.74, 6) is 0.